The van der Waals surface area contributed by atoms with E-state index in [9.17, 15) is 13.9 Å². The second-order valence-electron chi connectivity index (χ2n) is 2.91. The zero-order chi connectivity index (χ0) is 12.3. The lowest BCUT2D eigenvalue weighted by Crippen LogP contribution is -2.22. The third kappa shape index (κ3) is 4.99. The van der Waals surface area contributed by atoms with Gasteiger partial charge in [0.1, 0.15) is 0 Å². The van der Waals surface area contributed by atoms with Gasteiger partial charge in [-0.25, -0.2) is 0 Å². The Hall–Kier alpha value is -0.0700. The quantitative estimate of drug-likeness (QED) is 0.380. The van der Waals surface area contributed by atoms with E-state index in [0.717, 1.165) is 0 Å². The van der Waals surface area contributed by atoms with E-state index in [1.54, 1.807) is 0 Å². The Balaban J connectivity index is 4.91. The second-order valence-corrected chi connectivity index (χ2v) is 6.71. The van der Waals surface area contributed by atoms with Gasteiger partial charge in [0.2, 0.25) is 5.40 Å². The first-order chi connectivity index (χ1) is 6.60. The van der Waals surface area contributed by atoms with E-state index in [2.05, 4.69) is 0 Å². The summed E-state index contributed by atoms with van der Waals surface area (Å²) in [5, 5.41) is -2.56. The number of nitrogens with two attached hydrogens (primary N) is 1. The zero-order valence-electron chi connectivity index (χ0n) is 7.68. The highest BCUT2D eigenvalue weighted by molar-refractivity contribution is 7.72. The minimum Gasteiger partial charge on any atom is -0.330 e. The van der Waals surface area contributed by atoms with Gasteiger partial charge in [0.15, 0.2) is 5.78 Å². The SMILES string of the molecule is NCCCC(=O)C(P(=O)(O)O)P(=O)(O)O. The Morgan fingerprint density at radius 3 is 1.80 bits per heavy atom. The molecule has 15 heavy (non-hydrogen) atoms. The minimum atomic E-state index is -5.15. The van der Waals surface area contributed by atoms with Crippen LogP contribution in [-0.4, -0.2) is 37.3 Å². The van der Waals surface area contributed by atoms with Gasteiger partial charge in [0, 0.05) is 6.42 Å². The maximum absolute atomic E-state index is 11.2. The molecule has 90 valence electrons. The molecule has 0 aliphatic carbocycles. The smallest absolute Gasteiger partial charge is 0.330 e. The van der Waals surface area contributed by atoms with Gasteiger partial charge in [-0.05, 0) is 13.0 Å². The molecule has 0 bridgehead atoms. The zero-order valence-corrected chi connectivity index (χ0v) is 9.47. The predicted molar refractivity (Wildman–Crippen MR) is 51.2 cm³/mol. The van der Waals surface area contributed by atoms with Crippen LogP contribution in [0.1, 0.15) is 12.8 Å². The Labute approximate surface area is 85.8 Å². The molecule has 0 unspecified atom stereocenters. The summed E-state index contributed by atoms with van der Waals surface area (Å²) < 4.78 is 21.5. The van der Waals surface area contributed by atoms with Crippen molar-refractivity contribution in [2.45, 2.75) is 18.2 Å². The number of hydrogen-bond donors (Lipinski definition) is 5. The molecular weight excluding hydrogens is 248 g/mol. The maximum atomic E-state index is 11.2. The van der Waals surface area contributed by atoms with Gasteiger partial charge in [-0.2, -0.15) is 0 Å². The molecule has 0 amide bonds. The summed E-state index contributed by atoms with van der Waals surface area (Å²) in [4.78, 5) is 45.8. The minimum absolute atomic E-state index is 0.0980. The highest BCUT2D eigenvalue weighted by Crippen LogP contribution is 2.60. The van der Waals surface area contributed by atoms with Crippen molar-refractivity contribution in [1.29, 1.82) is 0 Å². The van der Waals surface area contributed by atoms with Gasteiger partial charge in [-0.15, -0.1) is 0 Å². The molecule has 6 N–H and O–H groups in total. The van der Waals surface area contributed by atoms with Crippen LogP contribution in [0.5, 0.6) is 0 Å². The lowest BCUT2D eigenvalue weighted by atomic mass is 10.2. The summed E-state index contributed by atoms with van der Waals surface area (Å²) >= 11 is 0. The highest BCUT2D eigenvalue weighted by atomic mass is 31.2. The van der Waals surface area contributed by atoms with Crippen molar-refractivity contribution >= 4 is 21.0 Å². The van der Waals surface area contributed by atoms with Crippen LogP contribution in [-0.2, 0) is 13.9 Å². The molecule has 0 rings (SSSR count). The van der Waals surface area contributed by atoms with Crippen molar-refractivity contribution in [2.75, 3.05) is 6.54 Å². The second kappa shape index (κ2) is 5.32. The van der Waals surface area contributed by atoms with Crippen LogP contribution in [0.3, 0.4) is 0 Å². The van der Waals surface area contributed by atoms with Crippen LogP contribution in [0.4, 0.5) is 0 Å². The molecule has 8 nitrogen and oxygen atoms in total. The molecule has 0 aromatic heterocycles. The molecular formula is C5H13NO7P2. The van der Waals surface area contributed by atoms with E-state index in [1.165, 1.54) is 0 Å². The van der Waals surface area contributed by atoms with Gasteiger partial charge in [0.05, 0.1) is 0 Å². The van der Waals surface area contributed by atoms with Crippen molar-refractivity contribution in [3.05, 3.63) is 0 Å². The molecule has 0 aliphatic rings. The lowest BCUT2D eigenvalue weighted by molar-refractivity contribution is -0.117. The Morgan fingerprint density at radius 2 is 1.53 bits per heavy atom. The summed E-state index contributed by atoms with van der Waals surface area (Å²) in [7, 11) is -10.3. The van der Waals surface area contributed by atoms with Gasteiger partial charge >= 0.3 is 15.2 Å². The number of carbonyl (C=O) groups is 1. The average Bonchev–Trinajstić information content (AvgIpc) is 1.94. The maximum Gasteiger partial charge on any atom is 0.348 e. The average molecular weight is 261 g/mol. The topological polar surface area (TPSA) is 158 Å². The number of carbonyl (C=O) groups excluding carboxylic acids is 1. The first kappa shape index (κ1) is 14.9. The van der Waals surface area contributed by atoms with E-state index in [1.807, 2.05) is 0 Å². The monoisotopic (exact) mass is 261 g/mol. The van der Waals surface area contributed by atoms with Crippen molar-refractivity contribution in [1.82, 2.24) is 0 Å². The Bertz CT molecular complexity index is 295. The van der Waals surface area contributed by atoms with Crippen LogP contribution < -0.4 is 5.73 Å². The third-order valence-electron chi connectivity index (χ3n) is 1.55. The van der Waals surface area contributed by atoms with Gasteiger partial charge in [-0.1, -0.05) is 0 Å². The lowest BCUT2D eigenvalue weighted by Gasteiger charge is -2.17. The molecule has 0 spiro atoms. The first-order valence-electron chi connectivity index (χ1n) is 3.94. The Morgan fingerprint density at radius 1 is 1.13 bits per heavy atom. The van der Waals surface area contributed by atoms with E-state index in [4.69, 9.17) is 25.3 Å². The molecule has 0 aromatic carbocycles. The molecule has 0 aliphatic heterocycles. The summed E-state index contributed by atoms with van der Waals surface area (Å²) in [5.74, 6) is -1.16. The summed E-state index contributed by atoms with van der Waals surface area (Å²) in [6, 6.07) is 0. The van der Waals surface area contributed by atoms with Crippen LogP contribution >= 0.6 is 15.2 Å². The van der Waals surface area contributed by atoms with Gasteiger partial charge in [0.25, 0.3) is 0 Å². The molecule has 0 fully saturated rings. The fraction of sp³-hybridized carbons (Fsp3) is 0.800. The normalized spacial score (nSPS) is 13.2. The molecule has 0 aromatic rings. The van der Waals surface area contributed by atoms with Crippen molar-refractivity contribution < 1.29 is 33.5 Å². The fourth-order valence-corrected chi connectivity index (χ4v) is 3.55. The molecule has 0 atom stereocenters. The van der Waals surface area contributed by atoms with Crippen LogP contribution in [0.25, 0.3) is 0 Å². The molecule has 0 saturated carbocycles. The molecule has 10 heteroatoms. The number of Topliss-reactive ketones (excluding diaryl/α,β-unsaturated/α-hetero) is 1. The predicted octanol–water partition coefficient (Wildman–Crippen LogP) is -1.02. The van der Waals surface area contributed by atoms with Gasteiger partial charge < -0.3 is 25.3 Å². The van der Waals surface area contributed by atoms with Crippen LogP contribution in [0, 0.1) is 0 Å². The fourth-order valence-electron chi connectivity index (χ4n) is 0.976. The number of rotatable bonds is 6. The highest BCUT2D eigenvalue weighted by Gasteiger charge is 2.48. The van der Waals surface area contributed by atoms with Crippen molar-refractivity contribution in [3.8, 4) is 0 Å². The van der Waals surface area contributed by atoms with Crippen molar-refractivity contribution in [2.24, 2.45) is 5.73 Å². The van der Waals surface area contributed by atoms with E-state index >= 15 is 0 Å². The summed E-state index contributed by atoms with van der Waals surface area (Å²) in [6.07, 6.45) is -0.243. The van der Waals surface area contributed by atoms with Crippen molar-refractivity contribution in [3.63, 3.8) is 0 Å². The number of hydrogen-bond acceptors (Lipinski definition) is 4. The number of ketones is 1. The van der Waals surface area contributed by atoms with Crippen LogP contribution in [0.2, 0.25) is 0 Å². The largest absolute Gasteiger partial charge is 0.348 e. The van der Waals surface area contributed by atoms with Gasteiger partial charge in [-0.3, -0.25) is 13.9 Å². The molecule has 0 radical (unpaired) electrons. The summed E-state index contributed by atoms with van der Waals surface area (Å²) in [5.41, 5.74) is 5.05. The van der Waals surface area contributed by atoms with Crippen LogP contribution in [0.15, 0.2) is 0 Å². The summed E-state index contributed by atoms with van der Waals surface area (Å²) in [6.45, 7) is 0.0980. The van der Waals surface area contributed by atoms with E-state index in [0.29, 0.717) is 0 Å². The Kier molecular flexibility index (Phi) is 5.29. The molecule has 0 heterocycles. The first-order valence-corrected chi connectivity index (χ1v) is 7.30. The van der Waals surface area contributed by atoms with E-state index < -0.39 is 26.4 Å². The standard InChI is InChI=1S/C5H13NO7P2/c6-3-1-2-4(7)5(14(8,9)10)15(11,12)13/h5H,1-3,6H2,(H2,8,9,10)(H2,11,12,13). The third-order valence-corrected chi connectivity index (χ3v) is 5.21. The van der Waals surface area contributed by atoms with E-state index in [-0.39, 0.29) is 19.4 Å². The molecule has 0 saturated heterocycles.